The number of piperazine rings is 1. The quantitative estimate of drug-likeness (QED) is 0.391. The molecule has 1 aliphatic heterocycles. The second-order valence-corrected chi connectivity index (χ2v) is 8.45. The van der Waals surface area contributed by atoms with Crippen LogP contribution in [-0.2, 0) is 0 Å². The van der Waals surface area contributed by atoms with Crippen molar-refractivity contribution >= 4 is 22.6 Å². The van der Waals surface area contributed by atoms with Crippen LogP contribution in [-0.4, -0.2) is 67.0 Å². The predicted octanol–water partition coefficient (Wildman–Crippen LogP) is 2.32. The number of amides is 1. The SMILES string of the molecule is O=C(c1nn(-c2ccccc2)c(=O)c2ccccc12)N1CCN(c2nnnn2-c2ccccc2)CC1. The minimum Gasteiger partial charge on any atom is -0.336 e. The van der Waals surface area contributed by atoms with Crippen molar-refractivity contribution in [1.82, 2.24) is 34.9 Å². The maximum Gasteiger partial charge on any atom is 0.279 e. The Morgan fingerprint density at radius 3 is 1.94 bits per heavy atom. The molecule has 0 spiro atoms. The zero-order chi connectivity index (χ0) is 24.5. The average Bonchev–Trinajstić information content (AvgIpc) is 3.44. The highest BCUT2D eigenvalue weighted by Crippen LogP contribution is 2.20. The summed E-state index contributed by atoms with van der Waals surface area (Å²) in [6.07, 6.45) is 0. The van der Waals surface area contributed by atoms with Crippen molar-refractivity contribution in [3.63, 3.8) is 0 Å². The number of benzene rings is 3. The highest BCUT2D eigenvalue weighted by molar-refractivity contribution is 6.05. The number of carbonyl (C=O) groups excluding carboxylic acids is 1. The molecule has 178 valence electrons. The minimum atomic E-state index is -0.258. The summed E-state index contributed by atoms with van der Waals surface area (Å²) in [5.41, 5.74) is 1.48. The van der Waals surface area contributed by atoms with Crippen LogP contribution in [0.2, 0.25) is 0 Å². The first-order chi connectivity index (χ1) is 17.7. The van der Waals surface area contributed by atoms with Crippen LogP contribution in [0.3, 0.4) is 0 Å². The number of carbonyl (C=O) groups is 1. The first-order valence-corrected chi connectivity index (χ1v) is 11.7. The Morgan fingerprint density at radius 2 is 1.28 bits per heavy atom. The summed E-state index contributed by atoms with van der Waals surface area (Å²) in [7, 11) is 0. The molecule has 1 fully saturated rings. The van der Waals surface area contributed by atoms with Gasteiger partial charge in [0.25, 0.3) is 11.5 Å². The van der Waals surface area contributed by atoms with Gasteiger partial charge in [-0.05, 0) is 40.8 Å². The maximum absolute atomic E-state index is 13.7. The number of rotatable bonds is 4. The summed E-state index contributed by atoms with van der Waals surface area (Å²) in [4.78, 5) is 30.7. The van der Waals surface area contributed by atoms with Gasteiger partial charge in [-0.3, -0.25) is 9.59 Å². The molecule has 0 atom stereocenters. The zero-order valence-electron chi connectivity index (χ0n) is 19.3. The van der Waals surface area contributed by atoms with Gasteiger partial charge in [0.15, 0.2) is 5.69 Å². The van der Waals surface area contributed by atoms with Gasteiger partial charge in [0.05, 0.1) is 16.8 Å². The second-order valence-electron chi connectivity index (χ2n) is 8.45. The Bertz CT molecular complexity index is 1590. The van der Waals surface area contributed by atoms with Gasteiger partial charge in [-0.1, -0.05) is 59.7 Å². The molecule has 0 unspecified atom stereocenters. The van der Waals surface area contributed by atoms with E-state index in [1.165, 1.54) is 4.68 Å². The monoisotopic (exact) mass is 478 g/mol. The van der Waals surface area contributed by atoms with E-state index in [2.05, 4.69) is 25.5 Å². The van der Waals surface area contributed by atoms with Crippen molar-refractivity contribution < 1.29 is 4.79 Å². The van der Waals surface area contributed by atoms with E-state index in [0.29, 0.717) is 48.6 Å². The van der Waals surface area contributed by atoms with Crippen LogP contribution in [0.1, 0.15) is 10.5 Å². The molecule has 10 heteroatoms. The van der Waals surface area contributed by atoms with Crippen LogP contribution in [0.4, 0.5) is 5.95 Å². The van der Waals surface area contributed by atoms with Gasteiger partial charge in [-0.25, -0.2) is 0 Å². The molecule has 36 heavy (non-hydrogen) atoms. The Labute approximate surface area is 206 Å². The fraction of sp³-hybridized carbons (Fsp3) is 0.154. The predicted molar refractivity (Wildman–Crippen MR) is 135 cm³/mol. The molecular formula is C26H22N8O2. The van der Waals surface area contributed by atoms with E-state index in [1.807, 2.05) is 54.6 Å². The number of aromatic nitrogens is 6. The van der Waals surface area contributed by atoms with Gasteiger partial charge in [0, 0.05) is 31.6 Å². The molecule has 1 amide bonds. The van der Waals surface area contributed by atoms with Crippen molar-refractivity contribution in [2.45, 2.75) is 0 Å². The van der Waals surface area contributed by atoms with Crippen molar-refractivity contribution in [3.8, 4) is 11.4 Å². The molecule has 0 saturated carbocycles. The van der Waals surface area contributed by atoms with E-state index in [4.69, 9.17) is 0 Å². The van der Waals surface area contributed by atoms with Crippen molar-refractivity contribution in [2.24, 2.45) is 0 Å². The number of fused-ring (bicyclic) bond motifs is 1. The Hall–Kier alpha value is -4.86. The van der Waals surface area contributed by atoms with Gasteiger partial charge in [0.1, 0.15) is 0 Å². The third-order valence-corrected chi connectivity index (χ3v) is 6.31. The summed E-state index contributed by atoms with van der Waals surface area (Å²) in [5, 5.41) is 17.7. The fourth-order valence-electron chi connectivity index (χ4n) is 4.47. The Kier molecular flexibility index (Phi) is 5.45. The molecule has 3 aromatic carbocycles. The third kappa shape index (κ3) is 3.78. The number of para-hydroxylation sites is 2. The van der Waals surface area contributed by atoms with E-state index < -0.39 is 0 Å². The summed E-state index contributed by atoms with van der Waals surface area (Å²) < 4.78 is 3.00. The molecular weight excluding hydrogens is 456 g/mol. The molecule has 0 aliphatic carbocycles. The van der Waals surface area contributed by atoms with Crippen molar-refractivity contribution in [2.75, 3.05) is 31.1 Å². The number of hydrogen-bond donors (Lipinski definition) is 0. The minimum absolute atomic E-state index is 0.210. The van der Waals surface area contributed by atoms with Gasteiger partial charge in [0.2, 0.25) is 5.95 Å². The smallest absolute Gasteiger partial charge is 0.279 e. The molecule has 1 saturated heterocycles. The lowest BCUT2D eigenvalue weighted by Gasteiger charge is -2.34. The summed E-state index contributed by atoms with van der Waals surface area (Å²) in [5.74, 6) is 0.424. The highest BCUT2D eigenvalue weighted by Gasteiger charge is 2.28. The van der Waals surface area contributed by atoms with E-state index in [1.54, 1.807) is 39.9 Å². The van der Waals surface area contributed by atoms with E-state index in [-0.39, 0.29) is 17.2 Å². The summed E-state index contributed by atoms with van der Waals surface area (Å²) in [6.45, 7) is 2.08. The Morgan fingerprint density at radius 1 is 0.694 bits per heavy atom. The van der Waals surface area contributed by atoms with Crippen LogP contribution >= 0.6 is 0 Å². The number of hydrogen-bond acceptors (Lipinski definition) is 7. The van der Waals surface area contributed by atoms with Crippen LogP contribution in [0.15, 0.2) is 89.7 Å². The molecule has 2 aromatic heterocycles. The molecule has 0 N–H and O–H groups in total. The zero-order valence-corrected chi connectivity index (χ0v) is 19.3. The van der Waals surface area contributed by atoms with E-state index >= 15 is 0 Å². The van der Waals surface area contributed by atoms with Crippen molar-refractivity contribution in [3.05, 3.63) is 101 Å². The van der Waals surface area contributed by atoms with Crippen LogP contribution in [0, 0.1) is 0 Å². The van der Waals surface area contributed by atoms with E-state index in [0.717, 1.165) is 5.69 Å². The average molecular weight is 479 g/mol. The molecule has 0 bridgehead atoms. The highest BCUT2D eigenvalue weighted by atomic mass is 16.2. The fourth-order valence-corrected chi connectivity index (χ4v) is 4.47. The topological polar surface area (TPSA) is 102 Å². The van der Waals surface area contributed by atoms with Crippen LogP contribution < -0.4 is 10.5 Å². The van der Waals surface area contributed by atoms with Gasteiger partial charge < -0.3 is 9.80 Å². The summed E-state index contributed by atoms with van der Waals surface area (Å²) >= 11 is 0. The second kappa shape index (κ2) is 9.06. The third-order valence-electron chi connectivity index (χ3n) is 6.31. The lowest BCUT2D eigenvalue weighted by Crippen LogP contribution is -2.50. The molecule has 10 nitrogen and oxygen atoms in total. The molecule has 3 heterocycles. The molecule has 6 rings (SSSR count). The maximum atomic E-state index is 13.7. The molecule has 5 aromatic rings. The first kappa shape index (κ1) is 21.7. The molecule has 0 radical (unpaired) electrons. The van der Waals surface area contributed by atoms with Crippen LogP contribution in [0.25, 0.3) is 22.1 Å². The van der Waals surface area contributed by atoms with Gasteiger partial charge in [-0.15, -0.1) is 0 Å². The van der Waals surface area contributed by atoms with Gasteiger partial charge >= 0.3 is 0 Å². The standard InChI is InChI=1S/C26H22N8O2/c35-24-22-14-8-7-13-21(22)23(28-33(24)19-9-3-1-4-10-19)25(36)31-15-17-32(18-16-31)26-27-29-30-34(26)20-11-5-2-6-12-20/h1-14H,15-18H2. The number of anilines is 1. The largest absolute Gasteiger partial charge is 0.336 e. The lowest BCUT2D eigenvalue weighted by molar-refractivity contribution is 0.0740. The van der Waals surface area contributed by atoms with Crippen molar-refractivity contribution in [1.29, 1.82) is 0 Å². The first-order valence-electron chi connectivity index (χ1n) is 11.7. The number of tetrazole rings is 1. The molecule has 1 aliphatic rings. The van der Waals surface area contributed by atoms with Gasteiger partial charge in [-0.2, -0.15) is 14.5 Å². The van der Waals surface area contributed by atoms with E-state index in [9.17, 15) is 9.59 Å². The normalized spacial score (nSPS) is 13.8. The number of nitrogens with zero attached hydrogens (tertiary/aromatic N) is 8. The summed E-state index contributed by atoms with van der Waals surface area (Å²) in [6, 6.07) is 25.9. The lowest BCUT2D eigenvalue weighted by atomic mass is 10.1. The Balaban J connectivity index is 1.29. The van der Waals surface area contributed by atoms with Crippen LogP contribution in [0.5, 0.6) is 0 Å².